The molecule has 0 aromatic carbocycles. The number of nitrogens with one attached hydrogen (secondary N) is 1. The van der Waals surface area contributed by atoms with Gasteiger partial charge in [0.15, 0.2) is 0 Å². The van der Waals surface area contributed by atoms with Crippen LogP contribution in [0, 0.1) is 0 Å². The second-order valence-corrected chi connectivity index (χ2v) is 5.63. The van der Waals surface area contributed by atoms with Crippen molar-refractivity contribution < 1.29 is 9.53 Å². The molecule has 0 spiro atoms. The van der Waals surface area contributed by atoms with Crippen molar-refractivity contribution in [1.29, 1.82) is 0 Å². The SMILES string of the molecule is CC(C)(C)OC(=O)CCCC1CCCCN1. The Balaban J connectivity index is 2.08. The van der Waals surface area contributed by atoms with E-state index in [1.165, 1.54) is 19.3 Å². The van der Waals surface area contributed by atoms with Crippen LogP contribution in [0.4, 0.5) is 0 Å². The summed E-state index contributed by atoms with van der Waals surface area (Å²) < 4.78 is 5.27. The predicted molar refractivity (Wildman–Crippen MR) is 65.3 cm³/mol. The first-order valence-electron chi connectivity index (χ1n) is 6.42. The lowest BCUT2D eigenvalue weighted by atomic mass is 10.00. The molecule has 0 aromatic rings. The fraction of sp³-hybridized carbons (Fsp3) is 0.923. The molecule has 1 rings (SSSR count). The molecule has 0 bridgehead atoms. The molecular weight excluding hydrogens is 202 g/mol. The molecule has 1 saturated heterocycles. The van der Waals surface area contributed by atoms with E-state index in [-0.39, 0.29) is 11.6 Å². The molecule has 3 nitrogen and oxygen atoms in total. The van der Waals surface area contributed by atoms with E-state index in [0.717, 1.165) is 19.4 Å². The second-order valence-electron chi connectivity index (χ2n) is 5.63. The van der Waals surface area contributed by atoms with Gasteiger partial charge in [-0.25, -0.2) is 0 Å². The summed E-state index contributed by atoms with van der Waals surface area (Å²) in [5, 5.41) is 3.49. The minimum Gasteiger partial charge on any atom is -0.460 e. The van der Waals surface area contributed by atoms with Crippen molar-refractivity contribution in [3.63, 3.8) is 0 Å². The largest absolute Gasteiger partial charge is 0.460 e. The van der Waals surface area contributed by atoms with Gasteiger partial charge in [0.2, 0.25) is 0 Å². The van der Waals surface area contributed by atoms with Gasteiger partial charge in [-0.1, -0.05) is 6.42 Å². The molecule has 1 aliphatic rings. The minimum absolute atomic E-state index is 0.0664. The molecule has 1 unspecified atom stereocenters. The van der Waals surface area contributed by atoms with Crippen molar-refractivity contribution in [2.75, 3.05) is 6.54 Å². The normalized spacial score (nSPS) is 21.8. The van der Waals surface area contributed by atoms with Gasteiger partial charge in [-0.3, -0.25) is 4.79 Å². The van der Waals surface area contributed by atoms with Crippen molar-refractivity contribution in [1.82, 2.24) is 5.32 Å². The molecular formula is C13H25NO2. The Labute approximate surface area is 98.9 Å². The Morgan fingerprint density at radius 1 is 1.38 bits per heavy atom. The molecule has 16 heavy (non-hydrogen) atoms. The molecule has 0 saturated carbocycles. The Morgan fingerprint density at radius 3 is 2.69 bits per heavy atom. The highest BCUT2D eigenvalue weighted by molar-refractivity contribution is 5.69. The maximum absolute atomic E-state index is 11.5. The molecule has 1 fully saturated rings. The van der Waals surface area contributed by atoms with Gasteiger partial charge in [-0.2, -0.15) is 0 Å². The van der Waals surface area contributed by atoms with Crippen LogP contribution in [0.1, 0.15) is 59.3 Å². The van der Waals surface area contributed by atoms with E-state index < -0.39 is 0 Å². The van der Waals surface area contributed by atoms with Crippen LogP contribution in [0.15, 0.2) is 0 Å². The lowest BCUT2D eigenvalue weighted by molar-refractivity contribution is -0.154. The quantitative estimate of drug-likeness (QED) is 0.750. The first-order valence-corrected chi connectivity index (χ1v) is 6.42. The van der Waals surface area contributed by atoms with Crippen LogP contribution in [-0.2, 0) is 9.53 Å². The van der Waals surface area contributed by atoms with E-state index in [0.29, 0.717) is 12.5 Å². The standard InChI is InChI=1S/C13H25NO2/c1-13(2,3)16-12(15)9-6-8-11-7-4-5-10-14-11/h11,14H,4-10H2,1-3H3. The zero-order valence-corrected chi connectivity index (χ0v) is 10.8. The summed E-state index contributed by atoms with van der Waals surface area (Å²) in [5.74, 6) is -0.0664. The molecule has 94 valence electrons. The maximum atomic E-state index is 11.5. The molecule has 0 aromatic heterocycles. The zero-order valence-electron chi connectivity index (χ0n) is 10.8. The molecule has 1 heterocycles. The third kappa shape index (κ3) is 6.11. The third-order valence-corrected chi connectivity index (χ3v) is 2.77. The summed E-state index contributed by atoms with van der Waals surface area (Å²) in [6.45, 7) is 6.87. The third-order valence-electron chi connectivity index (χ3n) is 2.77. The van der Waals surface area contributed by atoms with Crippen LogP contribution in [0.3, 0.4) is 0 Å². The van der Waals surface area contributed by atoms with Crippen LogP contribution in [-0.4, -0.2) is 24.2 Å². The van der Waals surface area contributed by atoms with Crippen LogP contribution in [0.2, 0.25) is 0 Å². The monoisotopic (exact) mass is 227 g/mol. The first kappa shape index (κ1) is 13.5. The van der Waals surface area contributed by atoms with Crippen molar-refractivity contribution in [3.05, 3.63) is 0 Å². The summed E-state index contributed by atoms with van der Waals surface area (Å²) in [7, 11) is 0. The number of piperidine rings is 1. The molecule has 0 aliphatic carbocycles. The zero-order chi connectivity index (χ0) is 12.0. The molecule has 0 radical (unpaired) electrons. The second kappa shape index (κ2) is 6.24. The Kier molecular flexibility index (Phi) is 5.26. The lowest BCUT2D eigenvalue weighted by Gasteiger charge is -2.23. The number of carbonyl (C=O) groups is 1. The highest BCUT2D eigenvalue weighted by Crippen LogP contribution is 2.14. The van der Waals surface area contributed by atoms with E-state index in [9.17, 15) is 4.79 Å². The Morgan fingerprint density at radius 2 is 2.12 bits per heavy atom. The number of hydrogen-bond donors (Lipinski definition) is 1. The fourth-order valence-corrected chi connectivity index (χ4v) is 2.06. The van der Waals surface area contributed by atoms with E-state index >= 15 is 0 Å². The van der Waals surface area contributed by atoms with Crippen molar-refractivity contribution in [2.45, 2.75) is 70.9 Å². The van der Waals surface area contributed by atoms with Crippen LogP contribution in [0.5, 0.6) is 0 Å². The van der Waals surface area contributed by atoms with Crippen LogP contribution < -0.4 is 5.32 Å². The molecule has 1 N–H and O–H groups in total. The smallest absolute Gasteiger partial charge is 0.306 e. The number of rotatable bonds is 4. The molecule has 3 heteroatoms. The highest BCUT2D eigenvalue weighted by Gasteiger charge is 2.17. The van der Waals surface area contributed by atoms with Crippen LogP contribution >= 0.6 is 0 Å². The van der Waals surface area contributed by atoms with Gasteiger partial charge in [-0.05, 0) is 53.0 Å². The molecule has 1 aliphatic heterocycles. The van der Waals surface area contributed by atoms with Gasteiger partial charge in [0, 0.05) is 12.5 Å². The van der Waals surface area contributed by atoms with E-state index in [1.807, 2.05) is 20.8 Å². The fourth-order valence-electron chi connectivity index (χ4n) is 2.06. The van der Waals surface area contributed by atoms with Gasteiger partial charge >= 0.3 is 5.97 Å². The Bertz CT molecular complexity index is 214. The summed E-state index contributed by atoms with van der Waals surface area (Å²) in [6.07, 6.45) is 6.46. The van der Waals surface area contributed by atoms with Gasteiger partial charge in [0.25, 0.3) is 0 Å². The van der Waals surface area contributed by atoms with Crippen molar-refractivity contribution in [3.8, 4) is 0 Å². The summed E-state index contributed by atoms with van der Waals surface area (Å²) in [6, 6.07) is 0.621. The topological polar surface area (TPSA) is 38.3 Å². The minimum atomic E-state index is -0.347. The van der Waals surface area contributed by atoms with Gasteiger partial charge in [-0.15, -0.1) is 0 Å². The average Bonchev–Trinajstić information content (AvgIpc) is 2.16. The molecule has 1 atom stereocenters. The van der Waals surface area contributed by atoms with Crippen LogP contribution in [0.25, 0.3) is 0 Å². The number of carbonyl (C=O) groups excluding carboxylic acids is 1. The predicted octanol–water partition coefficient (Wildman–Crippen LogP) is 2.64. The van der Waals surface area contributed by atoms with Gasteiger partial charge in [0.1, 0.15) is 5.60 Å². The van der Waals surface area contributed by atoms with Crippen molar-refractivity contribution >= 4 is 5.97 Å². The maximum Gasteiger partial charge on any atom is 0.306 e. The number of esters is 1. The van der Waals surface area contributed by atoms with E-state index in [1.54, 1.807) is 0 Å². The first-order chi connectivity index (χ1) is 7.47. The van der Waals surface area contributed by atoms with Gasteiger partial charge < -0.3 is 10.1 Å². The van der Waals surface area contributed by atoms with E-state index in [4.69, 9.17) is 4.74 Å². The summed E-state index contributed by atoms with van der Waals surface area (Å²) in [5.41, 5.74) is -0.347. The highest BCUT2D eigenvalue weighted by atomic mass is 16.6. The summed E-state index contributed by atoms with van der Waals surface area (Å²) >= 11 is 0. The number of hydrogen-bond acceptors (Lipinski definition) is 3. The number of ether oxygens (including phenoxy) is 1. The lowest BCUT2D eigenvalue weighted by Crippen LogP contribution is -2.34. The average molecular weight is 227 g/mol. The Hall–Kier alpha value is -0.570. The van der Waals surface area contributed by atoms with Crippen molar-refractivity contribution in [2.24, 2.45) is 0 Å². The summed E-state index contributed by atoms with van der Waals surface area (Å²) in [4.78, 5) is 11.5. The molecule has 0 amide bonds. The van der Waals surface area contributed by atoms with Gasteiger partial charge in [0.05, 0.1) is 0 Å². The van der Waals surface area contributed by atoms with E-state index in [2.05, 4.69) is 5.32 Å².